The lowest BCUT2D eigenvalue weighted by Gasteiger charge is -2.36. The van der Waals surface area contributed by atoms with Gasteiger partial charge < -0.3 is 14.5 Å². The zero-order valence-corrected chi connectivity index (χ0v) is 24.0. The fraction of sp³-hybridized carbons (Fsp3) is 0.185. The summed E-state index contributed by atoms with van der Waals surface area (Å²) in [6.07, 6.45) is 1.62. The second-order valence-electron chi connectivity index (χ2n) is 8.31. The van der Waals surface area contributed by atoms with Gasteiger partial charge in [-0.15, -0.1) is 0 Å². The zero-order chi connectivity index (χ0) is 26.4. The minimum absolute atomic E-state index is 0.0324. The molecule has 8 nitrogen and oxygen atoms in total. The molecule has 1 saturated heterocycles. The monoisotopic (exact) mass is 720 g/mol. The first-order chi connectivity index (χ1) is 17.9. The topological polar surface area (TPSA) is 99.7 Å². The summed E-state index contributed by atoms with van der Waals surface area (Å²) in [6.45, 7) is 2.79. The summed E-state index contributed by atoms with van der Waals surface area (Å²) < 4.78 is 7.64. The fourth-order valence-corrected chi connectivity index (χ4v) is 6.08. The molecule has 0 saturated carbocycles. The summed E-state index contributed by atoms with van der Waals surface area (Å²) >= 11 is 4.33. The largest absolute Gasteiger partial charge is 0.487 e. The number of hydrogen-bond donors (Lipinski definition) is 0. The molecule has 0 atom stereocenters. The van der Waals surface area contributed by atoms with Crippen molar-refractivity contribution >= 4 is 68.5 Å². The number of nitro groups is 1. The van der Waals surface area contributed by atoms with Crippen LogP contribution >= 0.6 is 45.2 Å². The average molecular weight is 720 g/mol. The minimum atomic E-state index is -0.437. The van der Waals surface area contributed by atoms with E-state index < -0.39 is 4.92 Å². The molecule has 1 amide bonds. The number of halogens is 2. The van der Waals surface area contributed by atoms with Crippen LogP contribution in [0.1, 0.15) is 11.1 Å². The number of amides is 1. The molecule has 3 aromatic rings. The van der Waals surface area contributed by atoms with Crippen molar-refractivity contribution in [1.29, 1.82) is 5.26 Å². The van der Waals surface area contributed by atoms with Gasteiger partial charge in [0.1, 0.15) is 24.0 Å². The van der Waals surface area contributed by atoms with Crippen LogP contribution in [0.5, 0.6) is 5.75 Å². The van der Waals surface area contributed by atoms with Gasteiger partial charge in [0.05, 0.1) is 12.1 Å². The van der Waals surface area contributed by atoms with Crippen LogP contribution in [0.4, 0.5) is 11.4 Å². The van der Waals surface area contributed by atoms with E-state index in [0.29, 0.717) is 31.9 Å². The lowest BCUT2D eigenvalue weighted by Crippen LogP contribution is -2.49. The summed E-state index contributed by atoms with van der Waals surface area (Å²) in [5, 5.41) is 20.6. The highest BCUT2D eigenvalue weighted by Crippen LogP contribution is 2.31. The summed E-state index contributed by atoms with van der Waals surface area (Å²) in [4.78, 5) is 27.4. The predicted molar refractivity (Wildman–Crippen MR) is 158 cm³/mol. The Bertz CT molecular complexity index is 1340. The third-order valence-electron chi connectivity index (χ3n) is 5.90. The highest BCUT2D eigenvalue weighted by molar-refractivity contribution is 14.1. The standard InChI is InChI=1S/C27H22I2N4O4/c28-24-15-20(16-25(29)26(24)37-18-19-6-8-23(9-7-19)33(35)36)14-21(17-30)27(34)32-12-10-31(11-13-32)22-4-2-1-3-5-22/h1-9,14-16H,10-13,18H2/b21-14-. The second kappa shape index (κ2) is 12.4. The molecule has 188 valence electrons. The van der Waals surface area contributed by atoms with E-state index in [9.17, 15) is 20.2 Å². The molecular formula is C27H22I2N4O4. The van der Waals surface area contributed by atoms with Gasteiger partial charge in [0.2, 0.25) is 0 Å². The first kappa shape index (κ1) is 26.9. The number of carbonyl (C=O) groups excluding carboxylic acids is 1. The van der Waals surface area contributed by atoms with Gasteiger partial charge in [-0.2, -0.15) is 5.26 Å². The van der Waals surface area contributed by atoms with Crippen LogP contribution < -0.4 is 9.64 Å². The lowest BCUT2D eigenvalue weighted by molar-refractivity contribution is -0.384. The Kier molecular flexibility index (Phi) is 8.99. The summed E-state index contributed by atoms with van der Waals surface area (Å²) in [6, 6.07) is 22.1. The lowest BCUT2D eigenvalue weighted by atomic mass is 10.1. The number of nitro benzene ring substituents is 1. The van der Waals surface area contributed by atoms with E-state index in [-0.39, 0.29) is 23.8 Å². The van der Waals surface area contributed by atoms with Crippen molar-refractivity contribution in [3.63, 3.8) is 0 Å². The molecule has 0 radical (unpaired) electrons. The van der Waals surface area contributed by atoms with Gasteiger partial charge in [0, 0.05) is 44.0 Å². The Labute approximate surface area is 241 Å². The Balaban J connectivity index is 1.42. The van der Waals surface area contributed by atoms with Gasteiger partial charge in [-0.3, -0.25) is 14.9 Å². The predicted octanol–water partition coefficient (Wildman–Crippen LogP) is 5.64. The maximum Gasteiger partial charge on any atom is 0.269 e. The molecular weight excluding hydrogens is 698 g/mol. The maximum absolute atomic E-state index is 13.1. The summed E-state index contributed by atoms with van der Waals surface area (Å²) in [7, 11) is 0. The van der Waals surface area contributed by atoms with E-state index in [1.165, 1.54) is 12.1 Å². The molecule has 0 bridgehead atoms. The number of anilines is 1. The number of piperazine rings is 1. The van der Waals surface area contributed by atoms with E-state index in [1.807, 2.05) is 30.3 Å². The van der Waals surface area contributed by atoms with Crippen molar-refractivity contribution in [3.8, 4) is 11.8 Å². The van der Waals surface area contributed by atoms with Crippen LogP contribution in [0.25, 0.3) is 6.08 Å². The maximum atomic E-state index is 13.1. The van der Waals surface area contributed by atoms with E-state index in [2.05, 4.69) is 68.3 Å². The van der Waals surface area contributed by atoms with Gasteiger partial charge in [0.25, 0.3) is 11.6 Å². The third kappa shape index (κ3) is 6.78. The van der Waals surface area contributed by atoms with Crippen molar-refractivity contribution in [2.45, 2.75) is 6.61 Å². The fourth-order valence-electron chi connectivity index (χ4n) is 3.96. The SMILES string of the molecule is N#C/C(=C/c1cc(I)c(OCc2ccc([N+](=O)[O-])cc2)c(I)c1)C(=O)N1CCN(c2ccccc2)CC1. The number of benzene rings is 3. The molecule has 1 aliphatic rings. The normalized spacial score (nSPS) is 13.7. The molecule has 10 heteroatoms. The summed E-state index contributed by atoms with van der Waals surface area (Å²) in [5.41, 5.74) is 2.81. The van der Waals surface area contributed by atoms with E-state index in [0.717, 1.165) is 24.0 Å². The number of carbonyl (C=O) groups is 1. The number of nitriles is 1. The molecule has 1 heterocycles. The molecule has 0 aliphatic carbocycles. The number of hydrogen-bond acceptors (Lipinski definition) is 6. The molecule has 1 aliphatic heterocycles. The first-order valence-corrected chi connectivity index (χ1v) is 13.6. The van der Waals surface area contributed by atoms with Crippen LogP contribution in [0, 0.1) is 28.6 Å². The molecule has 1 fully saturated rings. The highest BCUT2D eigenvalue weighted by Gasteiger charge is 2.24. The van der Waals surface area contributed by atoms with Gasteiger partial charge in [-0.1, -0.05) is 18.2 Å². The molecule has 4 rings (SSSR count). The molecule has 0 unspecified atom stereocenters. The Morgan fingerprint density at radius 2 is 1.65 bits per heavy atom. The van der Waals surface area contributed by atoms with E-state index in [4.69, 9.17) is 4.74 Å². The van der Waals surface area contributed by atoms with Crippen LogP contribution in [0.15, 0.2) is 72.3 Å². The van der Waals surface area contributed by atoms with Gasteiger partial charge >= 0.3 is 0 Å². The van der Waals surface area contributed by atoms with Crippen LogP contribution in [0.2, 0.25) is 0 Å². The summed E-state index contributed by atoms with van der Waals surface area (Å²) in [5.74, 6) is 0.414. The number of rotatable bonds is 7. The van der Waals surface area contributed by atoms with Crippen LogP contribution in [-0.2, 0) is 11.4 Å². The van der Waals surface area contributed by atoms with Crippen molar-refractivity contribution in [2.24, 2.45) is 0 Å². The first-order valence-electron chi connectivity index (χ1n) is 11.4. The Hall–Kier alpha value is -3.18. The highest BCUT2D eigenvalue weighted by atomic mass is 127. The minimum Gasteiger partial charge on any atom is -0.487 e. The van der Waals surface area contributed by atoms with Crippen LogP contribution in [0.3, 0.4) is 0 Å². The third-order valence-corrected chi connectivity index (χ3v) is 7.50. The van der Waals surface area contributed by atoms with Crippen molar-refractivity contribution in [3.05, 3.63) is 101 Å². The Morgan fingerprint density at radius 3 is 2.22 bits per heavy atom. The quantitative estimate of drug-likeness (QED) is 0.103. The zero-order valence-electron chi connectivity index (χ0n) is 19.6. The average Bonchev–Trinajstić information content (AvgIpc) is 2.91. The smallest absolute Gasteiger partial charge is 0.269 e. The van der Waals surface area contributed by atoms with Gasteiger partial charge in [0.15, 0.2) is 0 Å². The van der Waals surface area contributed by atoms with Crippen molar-refractivity contribution in [1.82, 2.24) is 4.90 Å². The number of nitrogens with zero attached hydrogens (tertiary/aromatic N) is 4. The Morgan fingerprint density at radius 1 is 1.03 bits per heavy atom. The van der Waals surface area contributed by atoms with Crippen LogP contribution in [-0.4, -0.2) is 41.9 Å². The van der Waals surface area contributed by atoms with E-state index >= 15 is 0 Å². The molecule has 0 aromatic heterocycles. The number of para-hydroxylation sites is 1. The van der Waals surface area contributed by atoms with E-state index in [1.54, 1.807) is 23.1 Å². The number of non-ortho nitro benzene ring substituents is 1. The number of ether oxygens (including phenoxy) is 1. The van der Waals surface area contributed by atoms with Crippen molar-refractivity contribution in [2.75, 3.05) is 31.1 Å². The molecule has 3 aromatic carbocycles. The molecule has 37 heavy (non-hydrogen) atoms. The molecule has 0 N–H and O–H groups in total. The van der Waals surface area contributed by atoms with Crippen molar-refractivity contribution < 1.29 is 14.5 Å². The van der Waals surface area contributed by atoms with Gasteiger partial charge in [-0.25, -0.2) is 0 Å². The molecule has 0 spiro atoms. The van der Waals surface area contributed by atoms with Gasteiger partial charge in [-0.05, 0) is 98.8 Å². The second-order valence-corrected chi connectivity index (χ2v) is 10.6.